The molecule has 106 valence electrons. The van der Waals surface area contributed by atoms with E-state index in [1.165, 1.54) is 4.90 Å². The Labute approximate surface area is 108 Å². The highest BCUT2D eigenvalue weighted by Crippen LogP contribution is 2.27. The minimum absolute atomic E-state index is 0.0109. The maximum Gasteiger partial charge on any atom is 0.406 e. The summed E-state index contributed by atoms with van der Waals surface area (Å²) < 4.78 is 37.3. The molecule has 0 bridgehead atoms. The van der Waals surface area contributed by atoms with Gasteiger partial charge in [-0.1, -0.05) is 0 Å². The van der Waals surface area contributed by atoms with E-state index in [0.717, 1.165) is 11.0 Å². The number of halogens is 3. The van der Waals surface area contributed by atoms with Gasteiger partial charge >= 0.3 is 18.0 Å². The van der Waals surface area contributed by atoms with E-state index in [9.17, 15) is 22.8 Å². The molecule has 0 aromatic heterocycles. The molecule has 0 saturated carbocycles. The van der Waals surface area contributed by atoms with Crippen LogP contribution in [0.4, 0.5) is 13.2 Å². The Hall–Kier alpha value is -1.78. The van der Waals surface area contributed by atoms with Crippen molar-refractivity contribution < 1.29 is 22.8 Å². The zero-order chi connectivity index (χ0) is 14.8. The van der Waals surface area contributed by atoms with Crippen LogP contribution in [0.25, 0.3) is 0 Å². The second-order valence-electron chi connectivity index (χ2n) is 4.57. The van der Waals surface area contributed by atoms with E-state index in [1.807, 2.05) is 0 Å². The number of rotatable bonds is 3. The molecule has 1 fully saturated rings. The molecule has 0 aromatic carbocycles. The molecule has 19 heavy (non-hydrogen) atoms. The molecule has 1 aliphatic rings. The van der Waals surface area contributed by atoms with Crippen LogP contribution < -0.4 is 0 Å². The molecule has 0 spiro atoms. The van der Waals surface area contributed by atoms with Crippen molar-refractivity contribution in [2.45, 2.75) is 26.1 Å². The van der Waals surface area contributed by atoms with Crippen molar-refractivity contribution in [3.05, 3.63) is 0 Å². The third-order valence-electron chi connectivity index (χ3n) is 2.92. The van der Waals surface area contributed by atoms with Gasteiger partial charge in [-0.2, -0.15) is 18.4 Å². The molecule has 1 aliphatic heterocycles. The van der Waals surface area contributed by atoms with Crippen LogP contribution in [0, 0.1) is 17.2 Å². The topological polar surface area (TPSA) is 64.4 Å². The van der Waals surface area contributed by atoms with Crippen LogP contribution in [-0.4, -0.2) is 53.5 Å². The molecule has 8 heteroatoms. The Morgan fingerprint density at radius 3 is 2.26 bits per heavy atom. The van der Waals surface area contributed by atoms with E-state index in [1.54, 1.807) is 13.8 Å². The summed E-state index contributed by atoms with van der Waals surface area (Å²) in [4.78, 5) is 25.4. The van der Waals surface area contributed by atoms with E-state index in [2.05, 4.69) is 0 Å². The van der Waals surface area contributed by atoms with E-state index in [-0.39, 0.29) is 19.1 Å². The van der Waals surface area contributed by atoms with Gasteiger partial charge in [-0.05, 0) is 13.8 Å². The predicted molar refractivity (Wildman–Crippen MR) is 58.6 cm³/mol. The number of hydrogen-bond donors (Lipinski definition) is 0. The molecule has 1 heterocycles. The van der Waals surface area contributed by atoms with Crippen LogP contribution in [0.5, 0.6) is 0 Å². The normalized spacial score (nSPS) is 18.8. The SMILES string of the molecule is CC(C)N1CCN(CC(C#N)C(F)(F)F)C(=O)C1=O. The number of piperazine rings is 1. The van der Waals surface area contributed by atoms with E-state index in [4.69, 9.17) is 5.26 Å². The molecule has 0 aliphatic carbocycles. The quantitative estimate of drug-likeness (QED) is 0.716. The van der Waals surface area contributed by atoms with Crippen LogP contribution in [0.3, 0.4) is 0 Å². The van der Waals surface area contributed by atoms with Gasteiger partial charge in [0.15, 0.2) is 5.92 Å². The van der Waals surface area contributed by atoms with Crippen molar-refractivity contribution in [3.63, 3.8) is 0 Å². The van der Waals surface area contributed by atoms with Crippen molar-refractivity contribution in [3.8, 4) is 6.07 Å². The maximum absolute atomic E-state index is 12.4. The summed E-state index contributed by atoms with van der Waals surface area (Å²) in [6, 6.07) is 0.928. The summed E-state index contributed by atoms with van der Waals surface area (Å²) >= 11 is 0. The van der Waals surface area contributed by atoms with E-state index < -0.39 is 30.5 Å². The molecule has 1 unspecified atom stereocenters. The molecule has 0 N–H and O–H groups in total. The lowest BCUT2D eigenvalue weighted by molar-refractivity contribution is -0.172. The summed E-state index contributed by atoms with van der Waals surface area (Å²) in [5.41, 5.74) is 0. The largest absolute Gasteiger partial charge is 0.406 e. The average molecular weight is 277 g/mol. The van der Waals surface area contributed by atoms with E-state index >= 15 is 0 Å². The van der Waals surface area contributed by atoms with Crippen LogP contribution in [0.15, 0.2) is 0 Å². The number of nitriles is 1. The third-order valence-corrected chi connectivity index (χ3v) is 2.92. The summed E-state index contributed by atoms with van der Waals surface area (Å²) in [7, 11) is 0. The average Bonchev–Trinajstić information content (AvgIpc) is 2.29. The number of carbonyl (C=O) groups is 2. The minimum Gasteiger partial charge on any atom is -0.331 e. The fraction of sp³-hybridized carbons (Fsp3) is 0.727. The smallest absolute Gasteiger partial charge is 0.331 e. The van der Waals surface area contributed by atoms with Gasteiger partial charge in [0.25, 0.3) is 0 Å². The Bertz CT molecular complexity index is 414. The molecular formula is C11H14F3N3O2. The second kappa shape index (κ2) is 5.47. The summed E-state index contributed by atoms with van der Waals surface area (Å²) in [5, 5.41) is 8.48. The third kappa shape index (κ3) is 3.36. The highest BCUT2D eigenvalue weighted by atomic mass is 19.4. The second-order valence-corrected chi connectivity index (χ2v) is 4.57. The van der Waals surface area contributed by atoms with Gasteiger partial charge in [-0.25, -0.2) is 0 Å². The number of carbonyl (C=O) groups excluding carboxylic acids is 2. The predicted octanol–water partition coefficient (Wildman–Crippen LogP) is 0.768. The van der Waals surface area contributed by atoms with Crippen molar-refractivity contribution in [2.24, 2.45) is 5.92 Å². The molecule has 1 rings (SSSR count). The number of amides is 2. The lowest BCUT2D eigenvalue weighted by Gasteiger charge is -2.36. The van der Waals surface area contributed by atoms with E-state index in [0.29, 0.717) is 0 Å². The van der Waals surface area contributed by atoms with Gasteiger partial charge in [0.1, 0.15) is 0 Å². The first-order chi connectivity index (χ1) is 8.68. The van der Waals surface area contributed by atoms with Gasteiger partial charge in [-0.3, -0.25) is 9.59 Å². The highest BCUT2D eigenvalue weighted by Gasteiger charge is 2.44. The molecule has 1 saturated heterocycles. The van der Waals surface area contributed by atoms with Crippen molar-refractivity contribution >= 4 is 11.8 Å². The molecule has 2 amide bonds. The van der Waals surface area contributed by atoms with Crippen molar-refractivity contribution in [1.29, 1.82) is 5.26 Å². The summed E-state index contributed by atoms with van der Waals surface area (Å²) in [6.07, 6.45) is -4.70. The van der Waals surface area contributed by atoms with Crippen molar-refractivity contribution in [1.82, 2.24) is 9.80 Å². The van der Waals surface area contributed by atoms with Crippen LogP contribution in [0.2, 0.25) is 0 Å². The van der Waals surface area contributed by atoms with Crippen molar-refractivity contribution in [2.75, 3.05) is 19.6 Å². The summed E-state index contributed by atoms with van der Waals surface area (Å²) in [6.45, 7) is 2.83. The van der Waals surface area contributed by atoms with Crippen LogP contribution in [0.1, 0.15) is 13.8 Å². The highest BCUT2D eigenvalue weighted by molar-refractivity contribution is 6.35. The van der Waals surface area contributed by atoms with Gasteiger partial charge in [0, 0.05) is 25.7 Å². The monoisotopic (exact) mass is 277 g/mol. The summed E-state index contributed by atoms with van der Waals surface area (Å²) in [5.74, 6) is -4.07. The van der Waals surface area contributed by atoms with Gasteiger partial charge in [0.05, 0.1) is 6.07 Å². The molecule has 1 atom stereocenters. The fourth-order valence-corrected chi connectivity index (χ4v) is 1.79. The molecular weight excluding hydrogens is 263 g/mol. The van der Waals surface area contributed by atoms with Gasteiger partial charge in [-0.15, -0.1) is 0 Å². The Morgan fingerprint density at radius 2 is 1.84 bits per heavy atom. The standard InChI is InChI=1S/C11H14F3N3O2/c1-7(2)17-4-3-16(9(18)10(17)19)6-8(5-15)11(12,13)14/h7-8H,3-4,6H2,1-2H3. The minimum atomic E-state index is -4.70. The lowest BCUT2D eigenvalue weighted by atomic mass is 10.1. The Kier molecular flexibility index (Phi) is 4.39. The lowest BCUT2D eigenvalue weighted by Crippen LogP contribution is -2.57. The Morgan fingerprint density at radius 1 is 1.26 bits per heavy atom. The maximum atomic E-state index is 12.4. The molecule has 0 aromatic rings. The number of nitrogens with zero attached hydrogens (tertiary/aromatic N) is 3. The fourth-order valence-electron chi connectivity index (χ4n) is 1.79. The van der Waals surface area contributed by atoms with Crippen LogP contribution in [-0.2, 0) is 9.59 Å². The Balaban J connectivity index is 2.76. The molecule has 5 nitrogen and oxygen atoms in total. The first-order valence-electron chi connectivity index (χ1n) is 5.74. The number of hydrogen-bond acceptors (Lipinski definition) is 3. The first kappa shape index (κ1) is 15.3. The zero-order valence-corrected chi connectivity index (χ0v) is 10.6. The van der Waals surface area contributed by atoms with Gasteiger partial charge in [0.2, 0.25) is 0 Å². The zero-order valence-electron chi connectivity index (χ0n) is 10.6. The van der Waals surface area contributed by atoms with Gasteiger partial charge < -0.3 is 9.80 Å². The van der Waals surface area contributed by atoms with Crippen LogP contribution >= 0.6 is 0 Å². The number of alkyl halides is 3. The first-order valence-corrected chi connectivity index (χ1v) is 5.74. The molecule has 0 radical (unpaired) electrons.